The van der Waals surface area contributed by atoms with Crippen LogP contribution >= 0.6 is 0 Å². The molecule has 0 aromatic carbocycles. The highest BCUT2D eigenvalue weighted by molar-refractivity contribution is 4.79. The molecule has 0 spiro atoms. The van der Waals surface area contributed by atoms with E-state index in [9.17, 15) is 0 Å². The van der Waals surface area contributed by atoms with E-state index in [2.05, 4.69) is 4.90 Å². The fourth-order valence-corrected chi connectivity index (χ4v) is 2.10. The molecule has 1 unspecified atom stereocenters. The second-order valence-electron chi connectivity index (χ2n) is 4.29. The molecule has 1 heterocycles. The van der Waals surface area contributed by atoms with E-state index < -0.39 is 0 Å². The van der Waals surface area contributed by atoms with Crippen molar-refractivity contribution < 1.29 is 14.2 Å². The number of hydrogen-bond donors (Lipinski definition) is 1. The van der Waals surface area contributed by atoms with Crippen molar-refractivity contribution >= 4 is 0 Å². The summed E-state index contributed by atoms with van der Waals surface area (Å²) >= 11 is 0. The molecule has 5 nitrogen and oxygen atoms in total. The van der Waals surface area contributed by atoms with Gasteiger partial charge in [-0.3, -0.25) is 4.90 Å². The van der Waals surface area contributed by atoms with Crippen LogP contribution in [0.5, 0.6) is 0 Å². The molecular weight excluding hydrogens is 220 g/mol. The fraction of sp³-hybridized carbons (Fsp3) is 1.00. The Morgan fingerprint density at radius 2 is 1.82 bits per heavy atom. The lowest BCUT2D eigenvalue weighted by Gasteiger charge is -2.22. The SMILES string of the molecule is COCCOCCOCCN1CCCC1CN. The standard InChI is InChI=1S/C12H26N2O3/c1-15-7-8-17-10-9-16-6-5-14-4-2-3-12(14)11-13/h12H,2-11,13H2,1H3. The minimum atomic E-state index is 0.566. The molecule has 1 atom stereocenters. The lowest BCUT2D eigenvalue weighted by atomic mass is 10.2. The van der Waals surface area contributed by atoms with Gasteiger partial charge in [-0.25, -0.2) is 0 Å². The van der Waals surface area contributed by atoms with Crippen molar-refractivity contribution in [2.75, 3.05) is 59.8 Å². The predicted octanol–water partition coefficient (Wildman–Crippen LogP) is 0.0891. The molecule has 2 N–H and O–H groups in total. The Morgan fingerprint density at radius 3 is 2.53 bits per heavy atom. The summed E-state index contributed by atoms with van der Waals surface area (Å²) in [4.78, 5) is 2.42. The third-order valence-corrected chi connectivity index (χ3v) is 3.10. The zero-order valence-electron chi connectivity index (χ0n) is 10.9. The van der Waals surface area contributed by atoms with Crippen molar-refractivity contribution in [3.63, 3.8) is 0 Å². The molecule has 1 saturated heterocycles. The minimum absolute atomic E-state index is 0.566. The quantitative estimate of drug-likeness (QED) is 0.554. The van der Waals surface area contributed by atoms with Crippen molar-refractivity contribution in [3.05, 3.63) is 0 Å². The van der Waals surface area contributed by atoms with Gasteiger partial charge >= 0.3 is 0 Å². The van der Waals surface area contributed by atoms with E-state index in [0.717, 1.165) is 26.2 Å². The molecule has 0 aromatic heterocycles. The Morgan fingerprint density at radius 1 is 1.12 bits per heavy atom. The normalized spacial score (nSPS) is 21.2. The number of methoxy groups -OCH3 is 1. The summed E-state index contributed by atoms with van der Waals surface area (Å²) in [6.45, 7) is 6.27. The molecule has 5 heteroatoms. The van der Waals surface area contributed by atoms with Gasteiger partial charge in [0.2, 0.25) is 0 Å². The lowest BCUT2D eigenvalue weighted by molar-refractivity contribution is 0.0189. The van der Waals surface area contributed by atoms with Gasteiger partial charge in [0.25, 0.3) is 0 Å². The highest BCUT2D eigenvalue weighted by Crippen LogP contribution is 2.14. The zero-order valence-corrected chi connectivity index (χ0v) is 10.9. The maximum Gasteiger partial charge on any atom is 0.0701 e. The largest absolute Gasteiger partial charge is 0.382 e. The van der Waals surface area contributed by atoms with Crippen molar-refractivity contribution in [2.24, 2.45) is 5.73 Å². The third-order valence-electron chi connectivity index (χ3n) is 3.10. The highest BCUT2D eigenvalue weighted by atomic mass is 16.5. The number of rotatable bonds is 10. The van der Waals surface area contributed by atoms with Gasteiger partial charge < -0.3 is 19.9 Å². The van der Waals surface area contributed by atoms with Gasteiger partial charge in [-0.1, -0.05) is 0 Å². The summed E-state index contributed by atoms with van der Waals surface area (Å²) in [5.41, 5.74) is 5.71. The van der Waals surface area contributed by atoms with E-state index >= 15 is 0 Å². The molecular formula is C12H26N2O3. The first-order valence-corrected chi connectivity index (χ1v) is 6.47. The van der Waals surface area contributed by atoms with Crippen molar-refractivity contribution in [1.82, 2.24) is 4.90 Å². The van der Waals surface area contributed by atoms with Crippen molar-refractivity contribution in [2.45, 2.75) is 18.9 Å². The molecule has 1 aliphatic heterocycles. The first-order chi connectivity index (χ1) is 8.38. The summed E-state index contributed by atoms with van der Waals surface area (Å²) in [5.74, 6) is 0. The van der Waals surface area contributed by atoms with E-state index in [4.69, 9.17) is 19.9 Å². The number of likely N-dealkylation sites (tertiary alicyclic amines) is 1. The summed E-state index contributed by atoms with van der Waals surface area (Å²) in [6.07, 6.45) is 2.50. The predicted molar refractivity (Wildman–Crippen MR) is 67.2 cm³/mol. The second kappa shape index (κ2) is 9.79. The number of nitrogens with two attached hydrogens (primary N) is 1. The van der Waals surface area contributed by atoms with Gasteiger partial charge in [0, 0.05) is 26.2 Å². The second-order valence-corrected chi connectivity index (χ2v) is 4.29. The van der Waals surface area contributed by atoms with Crippen LogP contribution in [0.2, 0.25) is 0 Å². The van der Waals surface area contributed by atoms with E-state index in [1.165, 1.54) is 12.8 Å². The Hall–Kier alpha value is -0.200. The molecule has 0 aliphatic carbocycles. The topological polar surface area (TPSA) is 57.0 Å². The van der Waals surface area contributed by atoms with Crippen LogP contribution in [0.3, 0.4) is 0 Å². The Labute approximate surface area is 104 Å². The molecule has 0 radical (unpaired) electrons. The average Bonchev–Trinajstić information content (AvgIpc) is 2.80. The van der Waals surface area contributed by atoms with Crippen LogP contribution in [0, 0.1) is 0 Å². The van der Waals surface area contributed by atoms with Gasteiger partial charge in [-0.15, -0.1) is 0 Å². The zero-order chi connectivity index (χ0) is 12.3. The molecule has 0 aromatic rings. The van der Waals surface area contributed by atoms with Crippen LogP contribution in [0.25, 0.3) is 0 Å². The monoisotopic (exact) mass is 246 g/mol. The lowest BCUT2D eigenvalue weighted by Crippen LogP contribution is -2.37. The van der Waals surface area contributed by atoms with Gasteiger partial charge in [0.15, 0.2) is 0 Å². The molecule has 102 valence electrons. The maximum atomic E-state index is 5.71. The summed E-state index contributed by atoms with van der Waals surface area (Å²) in [5, 5.41) is 0. The van der Waals surface area contributed by atoms with Gasteiger partial charge in [0.1, 0.15) is 0 Å². The van der Waals surface area contributed by atoms with Crippen LogP contribution in [-0.2, 0) is 14.2 Å². The van der Waals surface area contributed by atoms with Crippen LogP contribution in [0.4, 0.5) is 0 Å². The first kappa shape index (κ1) is 14.9. The van der Waals surface area contributed by atoms with Crippen LogP contribution in [-0.4, -0.2) is 70.7 Å². The molecule has 0 bridgehead atoms. The Bertz CT molecular complexity index is 181. The van der Waals surface area contributed by atoms with E-state index in [-0.39, 0.29) is 0 Å². The smallest absolute Gasteiger partial charge is 0.0701 e. The Balaban J connectivity index is 1.87. The van der Waals surface area contributed by atoms with E-state index in [0.29, 0.717) is 32.5 Å². The minimum Gasteiger partial charge on any atom is -0.382 e. The summed E-state index contributed by atoms with van der Waals surface area (Å²) in [6, 6.07) is 0.566. The third kappa shape index (κ3) is 6.33. The van der Waals surface area contributed by atoms with Crippen LogP contribution < -0.4 is 5.73 Å². The average molecular weight is 246 g/mol. The molecule has 1 aliphatic rings. The van der Waals surface area contributed by atoms with E-state index in [1.54, 1.807) is 7.11 Å². The van der Waals surface area contributed by atoms with Crippen molar-refractivity contribution in [3.8, 4) is 0 Å². The molecule has 0 amide bonds. The number of hydrogen-bond acceptors (Lipinski definition) is 5. The molecule has 17 heavy (non-hydrogen) atoms. The molecule has 0 saturated carbocycles. The van der Waals surface area contributed by atoms with Gasteiger partial charge in [-0.2, -0.15) is 0 Å². The van der Waals surface area contributed by atoms with Crippen molar-refractivity contribution in [1.29, 1.82) is 0 Å². The first-order valence-electron chi connectivity index (χ1n) is 6.47. The fourth-order valence-electron chi connectivity index (χ4n) is 2.10. The summed E-state index contributed by atoms with van der Waals surface area (Å²) in [7, 11) is 1.67. The highest BCUT2D eigenvalue weighted by Gasteiger charge is 2.22. The molecule has 1 rings (SSSR count). The Kier molecular flexibility index (Phi) is 8.56. The van der Waals surface area contributed by atoms with Gasteiger partial charge in [-0.05, 0) is 19.4 Å². The van der Waals surface area contributed by atoms with Gasteiger partial charge in [0.05, 0.1) is 33.0 Å². The van der Waals surface area contributed by atoms with Crippen LogP contribution in [0.1, 0.15) is 12.8 Å². The maximum absolute atomic E-state index is 5.71. The van der Waals surface area contributed by atoms with E-state index in [1.807, 2.05) is 0 Å². The number of nitrogens with zero attached hydrogens (tertiary/aromatic N) is 1. The summed E-state index contributed by atoms with van der Waals surface area (Å²) < 4.78 is 15.7. The van der Waals surface area contributed by atoms with Crippen LogP contribution in [0.15, 0.2) is 0 Å². The molecule has 1 fully saturated rings. The number of ether oxygens (including phenoxy) is 3.